The van der Waals surface area contributed by atoms with E-state index >= 15 is 0 Å². The fraction of sp³-hybridized carbons (Fsp3) is 1.00. The second-order valence-electron chi connectivity index (χ2n) is 4.80. The molecule has 2 aliphatic rings. The maximum absolute atomic E-state index is 5.28. The molecule has 1 aliphatic carbocycles. The molecule has 0 amide bonds. The first-order valence-electron chi connectivity index (χ1n) is 6.14. The molecule has 0 bridgehead atoms. The Balaban J connectivity index is 1.87. The summed E-state index contributed by atoms with van der Waals surface area (Å²) in [6, 6.07) is 0.812. The summed E-state index contributed by atoms with van der Waals surface area (Å²) < 4.78 is 10.6. The highest BCUT2D eigenvalue weighted by atomic mass is 16.7. The van der Waals surface area contributed by atoms with Crippen LogP contribution in [0.25, 0.3) is 0 Å². The quantitative estimate of drug-likeness (QED) is 0.665. The molecular weight excluding hydrogens is 190 g/mol. The van der Waals surface area contributed by atoms with Gasteiger partial charge in [0.15, 0.2) is 6.29 Å². The summed E-state index contributed by atoms with van der Waals surface area (Å²) >= 11 is 0. The predicted molar refractivity (Wildman–Crippen MR) is 59.7 cm³/mol. The van der Waals surface area contributed by atoms with E-state index in [0.29, 0.717) is 0 Å². The van der Waals surface area contributed by atoms with Crippen LogP contribution in [0, 0.1) is 5.92 Å². The van der Waals surface area contributed by atoms with Crippen molar-refractivity contribution in [3.05, 3.63) is 0 Å². The normalized spacial score (nSPS) is 32.2. The molecule has 15 heavy (non-hydrogen) atoms. The van der Waals surface area contributed by atoms with E-state index in [4.69, 9.17) is 9.47 Å². The highest BCUT2D eigenvalue weighted by molar-refractivity contribution is 4.89. The molecule has 2 rings (SSSR count). The third kappa shape index (κ3) is 2.52. The van der Waals surface area contributed by atoms with Gasteiger partial charge in [-0.1, -0.05) is 12.8 Å². The van der Waals surface area contributed by atoms with Gasteiger partial charge in [0.25, 0.3) is 0 Å². The number of fused-ring (bicyclic) bond motifs is 1. The predicted octanol–water partition coefficient (Wildman–Crippen LogP) is 1.87. The number of nitrogens with zero attached hydrogens (tertiary/aromatic N) is 1. The van der Waals surface area contributed by atoms with Crippen molar-refractivity contribution in [3.8, 4) is 0 Å². The smallest absolute Gasteiger partial charge is 0.169 e. The average molecular weight is 213 g/mol. The maximum atomic E-state index is 5.28. The summed E-state index contributed by atoms with van der Waals surface area (Å²) in [6.45, 7) is 2.17. The van der Waals surface area contributed by atoms with E-state index in [-0.39, 0.29) is 6.29 Å². The lowest BCUT2D eigenvalue weighted by Crippen LogP contribution is -2.40. The standard InChI is InChI=1S/C12H23NO2/c1-14-12(15-2)9-13-8-7-10-5-3-4-6-11(10)13/h10-12H,3-9H2,1-2H3. The van der Waals surface area contributed by atoms with E-state index in [0.717, 1.165) is 18.5 Å². The van der Waals surface area contributed by atoms with Gasteiger partial charge in [-0.25, -0.2) is 0 Å². The summed E-state index contributed by atoms with van der Waals surface area (Å²) in [4.78, 5) is 2.57. The van der Waals surface area contributed by atoms with Gasteiger partial charge in [0.2, 0.25) is 0 Å². The minimum Gasteiger partial charge on any atom is -0.355 e. The van der Waals surface area contributed by atoms with Crippen molar-refractivity contribution in [3.63, 3.8) is 0 Å². The third-order valence-electron chi connectivity index (χ3n) is 4.03. The first kappa shape index (κ1) is 11.4. The largest absolute Gasteiger partial charge is 0.355 e. The Labute approximate surface area is 92.7 Å². The molecule has 0 radical (unpaired) electrons. The summed E-state index contributed by atoms with van der Waals surface area (Å²) in [5.74, 6) is 0.952. The van der Waals surface area contributed by atoms with Gasteiger partial charge in [-0.15, -0.1) is 0 Å². The summed E-state index contributed by atoms with van der Waals surface area (Å²) in [7, 11) is 3.45. The number of methoxy groups -OCH3 is 2. The second kappa shape index (κ2) is 5.28. The molecule has 0 aromatic heterocycles. The van der Waals surface area contributed by atoms with Crippen molar-refractivity contribution >= 4 is 0 Å². The first-order chi connectivity index (χ1) is 7.35. The Kier molecular flexibility index (Phi) is 4.00. The maximum Gasteiger partial charge on any atom is 0.169 e. The van der Waals surface area contributed by atoms with Gasteiger partial charge in [-0.2, -0.15) is 0 Å². The molecule has 0 spiro atoms. The van der Waals surface area contributed by atoms with Crippen molar-refractivity contribution in [2.45, 2.75) is 44.4 Å². The Morgan fingerprint density at radius 1 is 1.13 bits per heavy atom. The summed E-state index contributed by atoms with van der Waals surface area (Å²) in [6.07, 6.45) is 6.99. The van der Waals surface area contributed by atoms with Gasteiger partial charge in [0, 0.05) is 26.8 Å². The zero-order valence-electron chi connectivity index (χ0n) is 9.95. The van der Waals surface area contributed by atoms with Crippen molar-refractivity contribution in [1.29, 1.82) is 0 Å². The van der Waals surface area contributed by atoms with Crippen molar-refractivity contribution in [1.82, 2.24) is 4.90 Å². The lowest BCUT2D eigenvalue weighted by atomic mass is 9.85. The van der Waals surface area contributed by atoms with E-state index in [2.05, 4.69) is 4.90 Å². The highest BCUT2D eigenvalue weighted by Crippen LogP contribution is 2.36. The van der Waals surface area contributed by atoms with E-state index in [9.17, 15) is 0 Å². The number of likely N-dealkylation sites (tertiary alicyclic amines) is 1. The van der Waals surface area contributed by atoms with Gasteiger partial charge >= 0.3 is 0 Å². The summed E-state index contributed by atoms with van der Waals surface area (Å²) in [5, 5.41) is 0. The molecule has 0 aromatic carbocycles. The van der Waals surface area contributed by atoms with Crippen molar-refractivity contribution < 1.29 is 9.47 Å². The molecule has 2 fully saturated rings. The van der Waals surface area contributed by atoms with Crippen LogP contribution in [0.5, 0.6) is 0 Å². The van der Waals surface area contributed by atoms with E-state index in [1.165, 1.54) is 38.6 Å². The van der Waals surface area contributed by atoms with Gasteiger partial charge in [-0.05, 0) is 31.7 Å². The van der Waals surface area contributed by atoms with Crippen LogP contribution in [0.4, 0.5) is 0 Å². The Bertz CT molecular complexity index is 194. The molecule has 1 aliphatic heterocycles. The number of hydrogen-bond donors (Lipinski definition) is 0. The SMILES string of the molecule is COC(CN1CCC2CCCCC21)OC. The Morgan fingerprint density at radius 3 is 2.60 bits per heavy atom. The molecule has 0 N–H and O–H groups in total. The number of hydrogen-bond acceptors (Lipinski definition) is 3. The van der Waals surface area contributed by atoms with Crippen molar-refractivity contribution in [2.75, 3.05) is 27.3 Å². The monoisotopic (exact) mass is 213 g/mol. The fourth-order valence-electron chi connectivity index (χ4n) is 3.17. The molecule has 2 atom stereocenters. The molecular formula is C12H23NO2. The average Bonchev–Trinajstić information content (AvgIpc) is 2.69. The van der Waals surface area contributed by atoms with E-state index in [1.54, 1.807) is 14.2 Å². The minimum atomic E-state index is -0.0503. The van der Waals surface area contributed by atoms with Gasteiger partial charge in [-0.3, -0.25) is 4.90 Å². The van der Waals surface area contributed by atoms with Gasteiger partial charge in [0.05, 0.1) is 0 Å². The number of rotatable bonds is 4. The van der Waals surface area contributed by atoms with Crippen LogP contribution in [-0.4, -0.2) is 44.5 Å². The van der Waals surface area contributed by atoms with E-state index in [1.807, 2.05) is 0 Å². The van der Waals surface area contributed by atoms with Crippen molar-refractivity contribution in [2.24, 2.45) is 5.92 Å². The van der Waals surface area contributed by atoms with Crippen LogP contribution < -0.4 is 0 Å². The van der Waals surface area contributed by atoms with Crippen LogP contribution in [-0.2, 0) is 9.47 Å². The zero-order valence-corrected chi connectivity index (χ0v) is 9.95. The lowest BCUT2D eigenvalue weighted by molar-refractivity contribution is -0.119. The molecule has 1 heterocycles. The summed E-state index contributed by atoms with van der Waals surface area (Å²) in [5.41, 5.74) is 0. The highest BCUT2D eigenvalue weighted by Gasteiger charge is 2.36. The van der Waals surface area contributed by atoms with Crippen LogP contribution in [0.2, 0.25) is 0 Å². The van der Waals surface area contributed by atoms with E-state index < -0.39 is 0 Å². The second-order valence-corrected chi connectivity index (χ2v) is 4.80. The Hall–Kier alpha value is -0.120. The minimum absolute atomic E-state index is 0.0503. The van der Waals surface area contributed by atoms with Gasteiger partial charge < -0.3 is 9.47 Å². The molecule has 3 nitrogen and oxygen atoms in total. The van der Waals surface area contributed by atoms with Crippen LogP contribution in [0.3, 0.4) is 0 Å². The Morgan fingerprint density at radius 2 is 1.87 bits per heavy atom. The molecule has 3 heteroatoms. The topological polar surface area (TPSA) is 21.7 Å². The molecule has 2 unspecified atom stereocenters. The third-order valence-corrected chi connectivity index (χ3v) is 4.03. The molecule has 0 aromatic rings. The number of ether oxygens (including phenoxy) is 2. The zero-order chi connectivity index (χ0) is 10.7. The van der Waals surface area contributed by atoms with Gasteiger partial charge in [0.1, 0.15) is 0 Å². The van der Waals surface area contributed by atoms with Crippen LogP contribution in [0.1, 0.15) is 32.1 Å². The molecule has 1 saturated heterocycles. The first-order valence-corrected chi connectivity index (χ1v) is 6.14. The molecule has 1 saturated carbocycles. The van der Waals surface area contributed by atoms with Crippen LogP contribution in [0.15, 0.2) is 0 Å². The molecule has 88 valence electrons. The fourth-order valence-corrected chi connectivity index (χ4v) is 3.17. The lowest BCUT2D eigenvalue weighted by Gasteiger charge is -2.33. The van der Waals surface area contributed by atoms with Crippen LogP contribution >= 0.6 is 0 Å².